The number of halogens is 1. The normalized spacial score (nSPS) is 20.6. The first-order chi connectivity index (χ1) is 10.8. The van der Waals surface area contributed by atoms with E-state index in [0.717, 1.165) is 37.4 Å². The van der Waals surface area contributed by atoms with E-state index in [0.29, 0.717) is 17.9 Å². The molecule has 22 heavy (non-hydrogen) atoms. The van der Waals surface area contributed by atoms with Crippen LogP contribution < -0.4 is 10.2 Å². The van der Waals surface area contributed by atoms with Crippen LogP contribution in [0.4, 0.5) is 15.9 Å². The summed E-state index contributed by atoms with van der Waals surface area (Å²) in [6, 6.07) is 3.37. The molecule has 4 rings (SSSR count). The summed E-state index contributed by atoms with van der Waals surface area (Å²) in [5.74, 6) is 0.234. The van der Waals surface area contributed by atoms with Crippen LogP contribution in [0.1, 0.15) is 19.3 Å². The first-order valence-electron chi connectivity index (χ1n) is 7.42. The summed E-state index contributed by atoms with van der Waals surface area (Å²) in [5, 5.41) is 3.27. The average Bonchev–Trinajstić information content (AvgIpc) is 3.00. The molecule has 7 heteroatoms. The fourth-order valence-corrected chi connectivity index (χ4v) is 2.97. The number of nitrogens with zero attached hydrogens (tertiary/aromatic N) is 4. The van der Waals surface area contributed by atoms with Gasteiger partial charge in [0.1, 0.15) is 23.9 Å². The molecule has 0 bridgehead atoms. The zero-order valence-electron chi connectivity index (χ0n) is 12.0. The molecule has 1 atom stereocenters. The maximum Gasteiger partial charge on any atom is 0.222 e. The molecule has 0 amide bonds. The number of hydrogen-bond acceptors (Lipinski definition) is 6. The molecule has 1 fully saturated rings. The molecule has 0 radical (unpaired) electrons. The Hall–Kier alpha value is -2.28. The Morgan fingerprint density at radius 3 is 3.05 bits per heavy atom. The van der Waals surface area contributed by atoms with Crippen molar-refractivity contribution in [3.8, 4) is 11.3 Å². The summed E-state index contributed by atoms with van der Waals surface area (Å²) >= 11 is 0. The van der Waals surface area contributed by atoms with Crippen LogP contribution in [0.3, 0.4) is 0 Å². The average molecular weight is 301 g/mol. The molecular weight excluding hydrogens is 285 g/mol. The number of rotatable bonds is 2. The molecular formula is C15H16FN5O. The van der Waals surface area contributed by atoms with Gasteiger partial charge >= 0.3 is 0 Å². The maximum absolute atomic E-state index is 14.0. The van der Waals surface area contributed by atoms with E-state index >= 15 is 0 Å². The van der Waals surface area contributed by atoms with Crippen molar-refractivity contribution < 1.29 is 9.13 Å². The molecule has 1 N–H and O–H groups in total. The highest BCUT2D eigenvalue weighted by Crippen LogP contribution is 2.39. The van der Waals surface area contributed by atoms with Gasteiger partial charge in [0.25, 0.3) is 0 Å². The van der Waals surface area contributed by atoms with Crippen molar-refractivity contribution in [3.05, 3.63) is 30.6 Å². The Bertz CT molecular complexity index is 689. The van der Waals surface area contributed by atoms with Crippen molar-refractivity contribution in [1.82, 2.24) is 15.0 Å². The number of nitrogens with one attached hydrogen (secondary N) is 1. The van der Waals surface area contributed by atoms with Crippen molar-refractivity contribution in [2.75, 3.05) is 23.5 Å². The Morgan fingerprint density at radius 2 is 2.23 bits per heavy atom. The Labute approximate surface area is 127 Å². The van der Waals surface area contributed by atoms with Gasteiger partial charge in [0.15, 0.2) is 5.82 Å². The summed E-state index contributed by atoms with van der Waals surface area (Å²) in [6.07, 6.45) is 6.12. The Morgan fingerprint density at radius 1 is 1.27 bits per heavy atom. The predicted octanol–water partition coefficient (Wildman–Crippen LogP) is 2.39. The summed E-state index contributed by atoms with van der Waals surface area (Å²) in [4.78, 5) is 14.4. The molecule has 1 saturated heterocycles. The third-order valence-electron chi connectivity index (χ3n) is 4.04. The first-order valence-corrected chi connectivity index (χ1v) is 7.42. The van der Waals surface area contributed by atoms with E-state index in [4.69, 9.17) is 4.74 Å². The molecule has 0 saturated carbocycles. The van der Waals surface area contributed by atoms with Gasteiger partial charge in [-0.05, 0) is 31.4 Å². The summed E-state index contributed by atoms with van der Waals surface area (Å²) in [5.41, 5.74) is 1.65. The molecule has 0 aliphatic carbocycles. The van der Waals surface area contributed by atoms with Gasteiger partial charge in [0, 0.05) is 12.8 Å². The van der Waals surface area contributed by atoms with E-state index in [1.54, 1.807) is 12.1 Å². The first kappa shape index (κ1) is 13.4. The van der Waals surface area contributed by atoms with Crippen LogP contribution in [-0.4, -0.2) is 34.5 Å². The van der Waals surface area contributed by atoms with E-state index in [2.05, 4.69) is 25.2 Å². The van der Waals surface area contributed by atoms with Crippen molar-refractivity contribution in [2.45, 2.75) is 25.5 Å². The van der Waals surface area contributed by atoms with Gasteiger partial charge in [0.2, 0.25) is 5.95 Å². The number of pyridine rings is 1. The van der Waals surface area contributed by atoms with E-state index in [1.807, 2.05) is 0 Å². The van der Waals surface area contributed by atoms with Gasteiger partial charge in [0.05, 0.1) is 12.2 Å². The monoisotopic (exact) mass is 301 g/mol. The minimum absolute atomic E-state index is 0.0176. The van der Waals surface area contributed by atoms with E-state index in [1.165, 1.54) is 12.5 Å². The number of aromatic nitrogens is 3. The zero-order valence-corrected chi connectivity index (χ0v) is 12.0. The van der Waals surface area contributed by atoms with Crippen molar-refractivity contribution in [3.63, 3.8) is 0 Å². The highest BCUT2D eigenvalue weighted by molar-refractivity contribution is 5.85. The lowest BCUT2D eigenvalue weighted by molar-refractivity contribution is 0.0155. The lowest BCUT2D eigenvalue weighted by atomic mass is 10.1. The fourth-order valence-electron chi connectivity index (χ4n) is 2.97. The summed E-state index contributed by atoms with van der Waals surface area (Å²) in [6.45, 7) is 1.36. The molecule has 0 aromatic carbocycles. The van der Waals surface area contributed by atoms with Crippen LogP contribution in [0, 0.1) is 5.95 Å². The fraction of sp³-hybridized carbons (Fsp3) is 0.400. The molecule has 114 valence electrons. The van der Waals surface area contributed by atoms with E-state index < -0.39 is 5.95 Å². The number of fused-ring (bicyclic) bond motifs is 1. The third-order valence-corrected chi connectivity index (χ3v) is 4.04. The zero-order chi connectivity index (χ0) is 14.9. The smallest absolute Gasteiger partial charge is 0.222 e. The quantitative estimate of drug-likeness (QED) is 0.859. The second kappa shape index (κ2) is 5.49. The van der Waals surface area contributed by atoms with Crippen molar-refractivity contribution in [1.29, 1.82) is 0 Å². The highest BCUT2D eigenvalue weighted by atomic mass is 19.1. The predicted molar refractivity (Wildman–Crippen MR) is 79.8 cm³/mol. The minimum atomic E-state index is -0.530. The third kappa shape index (κ3) is 2.18. The van der Waals surface area contributed by atoms with Crippen molar-refractivity contribution in [2.24, 2.45) is 0 Å². The van der Waals surface area contributed by atoms with Crippen LogP contribution in [0.2, 0.25) is 0 Å². The number of ether oxygens (including phenoxy) is 1. The Balaban J connectivity index is 1.73. The standard InChI is InChI=1S/C15H16FN5O/c16-14-10(4-3-6-17-14)12-13-15(19-8-18-12)21(9-20-13)11-5-1-2-7-22-11/h3-4,6,8,11,20H,1-2,5,7,9H2. The van der Waals surface area contributed by atoms with Gasteiger partial charge in [-0.3, -0.25) is 0 Å². The van der Waals surface area contributed by atoms with Crippen LogP contribution >= 0.6 is 0 Å². The molecule has 0 spiro atoms. The van der Waals surface area contributed by atoms with Gasteiger partial charge in [-0.15, -0.1) is 0 Å². The number of anilines is 2. The summed E-state index contributed by atoms with van der Waals surface area (Å²) < 4.78 is 19.8. The maximum atomic E-state index is 14.0. The molecule has 2 aliphatic rings. The molecule has 2 aromatic heterocycles. The Kier molecular flexibility index (Phi) is 3.34. The second-order valence-corrected chi connectivity index (χ2v) is 5.39. The lowest BCUT2D eigenvalue weighted by Crippen LogP contribution is -2.39. The molecule has 1 unspecified atom stereocenters. The molecule has 4 heterocycles. The topological polar surface area (TPSA) is 63.2 Å². The highest BCUT2D eigenvalue weighted by Gasteiger charge is 2.31. The van der Waals surface area contributed by atoms with E-state index in [-0.39, 0.29) is 6.23 Å². The largest absolute Gasteiger partial charge is 0.363 e. The molecule has 2 aliphatic heterocycles. The lowest BCUT2D eigenvalue weighted by Gasteiger charge is -2.31. The van der Waals surface area contributed by atoms with Gasteiger partial charge in [-0.1, -0.05) is 0 Å². The van der Waals surface area contributed by atoms with Crippen LogP contribution in [0.5, 0.6) is 0 Å². The van der Waals surface area contributed by atoms with Crippen LogP contribution in [0.15, 0.2) is 24.7 Å². The summed E-state index contributed by atoms with van der Waals surface area (Å²) in [7, 11) is 0. The van der Waals surface area contributed by atoms with Crippen LogP contribution in [-0.2, 0) is 4.74 Å². The SMILES string of the molecule is Fc1ncccc1-c1ncnc2c1NCN2C1CCCCO1. The van der Waals surface area contributed by atoms with E-state index in [9.17, 15) is 4.39 Å². The van der Waals surface area contributed by atoms with Gasteiger partial charge < -0.3 is 15.0 Å². The van der Waals surface area contributed by atoms with Gasteiger partial charge in [-0.25, -0.2) is 15.0 Å². The minimum Gasteiger partial charge on any atom is -0.363 e. The van der Waals surface area contributed by atoms with Gasteiger partial charge in [-0.2, -0.15) is 4.39 Å². The van der Waals surface area contributed by atoms with Crippen LogP contribution in [0.25, 0.3) is 11.3 Å². The number of hydrogen-bond donors (Lipinski definition) is 1. The second-order valence-electron chi connectivity index (χ2n) is 5.39. The molecule has 2 aromatic rings. The van der Waals surface area contributed by atoms with Crippen molar-refractivity contribution >= 4 is 11.5 Å². The molecule has 6 nitrogen and oxygen atoms in total.